The summed E-state index contributed by atoms with van der Waals surface area (Å²) < 4.78 is 33.3. The van der Waals surface area contributed by atoms with Gasteiger partial charge in [0.25, 0.3) is 5.91 Å². The van der Waals surface area contributed by atoms with Gasteiger partial charge in [-0.1, -0.05) is 0 Å². The van der Waals surface area contributed by atoms with Gasteiger partial charge in [-0.3, -0.25) is 9.52 Å². The number of hydrogen-bond acceptors (Lipinski definition) is 7. The second-order valence-corrected chi connectivity index (χ2v) is 14.4. The fourth-order valence-electron chi connectivity index (χ4n) is 6.82. The molecule has 2 saturated carbocycles. The lowest BCUT2D eigenvalue weighted by Gasteiger charge is -2.35. The van der Waals surface area contributed by atoms with Crippen LogP contribution in [0.5, 0.6) is 5.75 Å². The summed E-state index contributed by atoms with van der Waals surface area (Å²) in [5.74, 6) is 0.369. The second kappa shape index (κ2) is 9.55. The zero-order valence-corrected chi connectivity index (χ0v) is 23.7. The SMILES string of the molecule is O=C(Nc1cc2c(c(N3CCC4(CC4)C3)c1)OCC2)c1ccc(NS(=O)(=O)CCO)cc1N1CCC2(CC1)CC2. The van der Waals surface area contributed by atoms with Crippen LogP contribution in [0.4, 0.5) is 22.7 Å². The molecule has 40 heavy (non-hydrogen) atoms. The van der Waals surface area contributed by atoms with Gasteiger partial charge < -0.3 is 25.0 Å². The van der Waals surface area contributed by atoms with E-state index in [2.05, 4.69) is 25.9 Å². The molecule has 10 heteroatoms. The van der Waals surface area contributed by atoms with Gasteiger partial charge in [0.1, 0.15) is 5.75 Å². The topological polar surface area (TPSA) is 111 Å². The zero-order chi connectivity index (χ0) is 27.5. The molecule has 0 atom stereocenters. The highest BCUT2D eigenvalue weighted by atomic mass is 32.2. The molecule has 9 nitrogen and oxygen atoms in total. The van der Waals surface area contributed by atoms with E-state index < -0.39 is 16.6 Å². The van der Waals surface area contributed by atoms with Gasteiger partial charge in [0.05, 0.1) is 41.6 Å². The molecule has 0 aromatic heterocycles. The Labute approximate surface area is 235 Å². The maximum Gasteiger partial charge on any atom is 0.257 e. The van der Waals surface area contributed by atoms with Gasteiger partial charge in [-0.15, -0.1) is 0 Å². The second-order valence-electron chi connectivity index (χ2n) is 12.6. The molecule has 5 aliphatic rings. The van der Waals surface area contributed by atoms with Crippen molar-refractivity contribution in [2.75, 3.05) is 65.0 Å². The summed E-state index contributed by atoms with van der Waals surface area (Å²) in [6.07, 6.45) is 9.36. The first-order chi connectivity index (χ1) is 19.3. The number of nitrogens with zero attached hydrogens (tertiary/aromatic N) is 2. The highest BCUT2D eigenvalue weighted by Crippen LogP contribution is 2.55. The quantitative estimate of drug-likeness (QED) is 0.443. The van der Waals surface area contributed by atoms with Crippen molar-refractivity contribution in [3.63, 3.8) is 0 Å². The van der Waals surface area contributed by atoms with Gasteiger partial charge >= 0.3 is 0 Å². The molecule has 0 bridgehead atoms. The number of carbonyl (C=O) groups is 1. The largest absolute Gasteiger partial charge is 0.491 e. The lowest BCUT2D eigenvalue weighted by atomic mass is 9.93. The zero-order valence-electron chi connectivity index (χ0n) is 22.9. The predicted octanol–water partition coefficient (Wildman–Crippen LogP) is 3.98. The van der Waals surface area contributed by atoms with E-state index in [0.29, 0.717) is 28.7 Å². The predicted molar refractivity (Wildman–Crippen MR) is 156 cm³/mol. The van der Waals surface area contributed by atoms with Crippen LogP contribution < -0.4 is 24.6 Å². The van der Waals surface area contributed by atoms with Gasteiger partial charge in [0.2, 0.25) is 10.0 Å². The summed E-state index contributed by atoms with van der Waals surface area (Å²) >= 11 is 0. The Morgan fingerprint density at radius 2 is 1.60 bits per heavy atom. The summed E-state index contributed by atoms with van der Waals surface area (Å²) in [6, 6.07) is 9.17. The first-order valence-electron chi connectivity index (χ1n) is 14.6. The van der Waals surface area contributed by atoms with Crippen molar-refractivity contribution < 1.29 is 23.1 Å². The third-order valence-corrected chi connectivity index (χ3v) is 11.0. The number of piperidine rings is 1. The number of rotatable bonds is 8. The maximum atomic E-state index is 13.8. The van der Waals surface area contributed by atoms with Crippen LogP contribution in [-0.2, 0) is 16.4 Å². The fraction of sp³-hybridized carbons (Fsp3) is 0.567. The lowest BCUT2D eigenvalue weighted by molar-refractivity contribution is 0.102. The average Bonchev–Trinajstić information content (AvgIpc) is 3.74. The van der Waals surface area contributed by atoms with Crippen molar-refractivity contribution in [3.05, 3.63) is 41.5 Å². The highest BCUT2D eigenvalue weighted by Gasteiger charge is 2.48. The summed E-state index contributed by atoms with van der Waals surface area (Å²) in [4.78, 5) is 18.4. The summed E-state index contributed by atoms with van der Waals surface area (Å²) in [7, 11) is -3.68. The first-order valence-corrected chi connectivity index (χ1v) is 16.3. The number of fused-ring (bicyclic) bond motifs is 1. The number of ether oxygens (including phenoxy) is 1. The number of aliphatic hydroxyl groups excluding tert-OH is 1. The molecule has 2 saturated heterocycles. The molecule has 2 spiro atoms. The molecular formula is C30H38N4O5S. The Hall–Kier alpha value is -2.98. The van der Waals surface area contributed by atoms with Crippen LogP contribution in [0.1, 0.15) is 60.9 Å². The Balaban J connectivity index is 1.17. The van der Waals surface area contributed by atoms with Crippen molar-refractivity contribution >= 4 is 38.7 Å². The van der Waals surface area contributed by atoms with E-state index in [-0.39, 0.29) is 11.7 Å². The van der Waals surface area contributed by atoms with E-state index in [9.17, 15) is 13.2 Å². The van der Waals surface area contributed by atoms with E-state index in [0.717, 1.165) is 73.8 Å². The number of sulfonamides is 1. The number of anilines is 4. The fourth-order valence-corrected chi connectivity index (χ4v) is 7.65. The van der Waals surface area contributed by atoms with Crippen LogP contribution in [0.15, 0.2) is 30.3 Å². The monoisotopic (exact) mass is 566 g/mol. The Morgan fingerprint density at radius 1 is 0.900 bits per heavy atom. The van der Waals surface area contributed by atoms with Crippen molar-refractivity contribution in [3.8, 4) is 5.75 Å². The average molecular weight is 567 g/mol. The molecule has 3 N–H and O–H groups in total. The summed E-state index contributed by atoms with van der Waals surface area (Å²) in [5.41, 5.74) is 5.56. The minimum absolute atomic E-state index is 0.212. The Bertz CT molecular complexity index is 1440. The van der Waals surface area contributed by atoms with Gasteiger partial charge in [-0.25, -0.2) is 8.42 Å². The van der Waals surface area contributed by atoms with Crippen molar-refractivity contribution in [1.29, 1.82) is 0 Å². The van der Waals surface area contributed by atoms with Crippen LogP contribution in [0, 0.1) is 10.8 Å². The van der Waals surface area contributed by atoms with E-state index in [1.807, 2.05) is 6.07 Å². The number of carbonyl (C=O) groups excluding carboxylic acids is 1. The molecule has 2 aromatic carbocycles. The first kappa shape index (κ1) is 26.0. The van der Waals surface area contributed by atoms with Crippen LogP contribution >= 0.6 is 0 Å². The molecule has 2 aliphatic carbocycles. The minimum Gasteiger partial charge on any atom is -0.491 e. The Kier molecular flexibility index (Phi) is 6.19. The number of aliphatic hydroxyl groups is 1. The van der Waals surface area contributed by atoms with Gasteiger partial charge in [-0.05, 0) is 86.1 Å². The lowest BCUT2D eigenvalue weighted by Crippen LogP contribution is -2.35. The van der Waals surface area contributed by atoms with E-state index in [4.69, 9.17) is 9.84 Å². The molecule has 0 radical (unpaired) electrons. The van der Waals surface area contributed by atoms with Crippen LogP contribution in [-0.4, -0.2) is 64.6 Å². The number of benzene rings is 2. The summed E-state index contributed by atoms with van der Waals surface area (Å²) in [6.45, 7) is 3.94. The smallest absolute Gasteiger partial charge is 0.257 e. The van der Waals surface area contributed by atoms with Gasteiger partial charge in [0, 0.05) is 43.9 Å². The van der Waals surface area contributed by atoms with Crippen molar-refractivity contribution in [2.45, 2.75) is 51.4 Å². The van der Waals surface area contributed by atoms with Crippen molar-refractivity contribution in [1.82, 2.24) is 0 Å². The third kappa shape index (κ3) is 5.00. The molecule has 214 valence electrons. The number of nitrogens with one attached hydrogen (secondary N) is 2. The number of amides is 1. The molecule has 3 aliphatic heterocycles. The third-order valence-electron chi connectivity index (χ3n) is 9.76. The molecule has 1 amide bonds. The molecule has 3 heterocycles. The standard InChI is InChI=1S/C30H38N4O5S/c35-14-16-40(37,38)32-22-1-2-24(25(18-22)33-11-8-29(4-5-29)9-12-33)28(36)31-23-17-21-3-15-39-27(21)26(19-23)34-13-10-30(20-34)6-7-30/h1-2,17-19,32,35H,3-16,20H2,(H,31,36). The molecular weight excluding hydrogens is 528 g/mol. The highest BCUT2D eigenvalue weighted by molar-refractivity contribution is 7.92. The minimum atomic E-state index is -3.68. The van der Waals surface area contributed by atoms with Gasteiger partial charge in [0.15, 0.2) is 0 Å². The molecule has 2 aromatic rings. The van der Waals surface area contributed by atoms with Gasteiger partial charge in [-0.2, -0.15) is 0 Å². The maximum absolute atomic E-state index is 13.8. The Morgan fingerprint density at radius 3 is 2.30 bits per heavy atom. The molecule has 4 fully saturated rings. The van der Waals surface area contributed by atoms with E-state index >= 15 is 0 Å². The molecule has 7 rings (SSSR count). The van der Waals surface area contributed by atoms with E-state index in [1.165, 1.54) is 32.1 Å². The van der Waals surface area contributed by atoms with Crippen molar-refractivity contribution in [2.24, 2.45) is 10.8 Å². The normalized spacial score (nSPS) is 21.8. The number of hydrogen-bond donors (Lipinski definition) is 3. The van der Waals surface area contributed by atoms with Crippen LogP contribution in [0.3, 0.4) is 0 Å². The molecule has 0 unspecified atom stereocenters. The van der Waals surface area contributed by atoms with Crippen LogP contribution in [0.2, 0.25) is 0 Å². The van der Waals surface area contributed by atoms with E-state index in [1.54, 1.807) is 18.2 Å². The van der Waals surface area contributed by atoms with Crippen LogP contribution in [0.25, 0.3) is 0 Å². The summed E-state index contributed by atoms with van der Waals surface area (Å²) in [5, 5.41) is 12.3.